The fourth-order valence-corrected chi connectivity index (χ4v) is 5.79. The van der Waals surface area contributed by atoms with E-state index >= 15 is 0 Å². The number of carbonyl (C=O) groups is 1. The van der Waals surface area contributed by atoms with E-state index in [1.807, 2.05) is 17.5 Å². The number of hydrogen-bond donors (Lipinski definition) is 0. The number of aromatic nitrogens is 1. The lowest BCUT2D eigenvalue weighted by Gasteiger charge is -2.26. The van der Waals surface area contributed by atoms with E-state index in [1.165, 1.54) is 11.3 Å². The second-order valence-electron chi connectivity index (χ2n) is 6.65. The Balaban J connectivity index is 1.61. The van der Waals surface area contributed by atoms with Crippen molar-refractivity contribution in [3.05, 3.63) is 63.4 Å². The van der Waals surface area contributed by atoms with Gasteiger partial charge in [0.15, 0.2) is 21.3 Å². The number of thiophene rings is 1. The van der Waals surface area contributed by atoms with Gasteiger partial charge >= 0.3 is 0 Å². The normalized spacial score (nSPS) is 18.2. The van der Waals surface area contributed by atoms with Crippen molar-refractivity contribution >= 4 is 38.7 Å². The lowest BCUT2D eigenvalue weighted by Crippen LogP contribution is -2.40. The first-order valence-electron chi connectivity index (χ1n) is 8.68. The van der Waals surface area contributed by atoms with Gasteiger partial charge in [0.2, 0.25) is 0 Å². The zero-order valence-electron chi connectivity index (χ0n) is 14.7. The summed E-state index contributed by atoms with van der Waals surface area (Å²) in [5.41, 5.74) is 0.912. The van der Waals surface area contributed by atoms with Gasteiger partial charge in [-0.15, -0.1) is 11.3 Å². The predicted octanol–water partition coefficient (Wildman–Crippen LogP) is 3.89. The average molecular weight is 437 g/mol. The summed E-state index contributed by atoms with van der Waals surface area (Å²) in [7, 11) is -3.12. The summed E-state index contributed by atoms with van der Waals surface area (Å²) in [5.74, 6) is 0.196. The highest BCUT2D eigenvalue weighted by molar-refractivity contribution is 7.91. The quantitative estimate of drug-likeness (QED) is 0.606. The van der Waals surface area contributed by atoms with Crippen LogP contribution in [0.2, 0.25) is 5.02 Å². The maximum absolute atomic E-state index is 13.2. The summed E-state index contributed by atoms with van der Waals surface area (Å²) in [6.45, 7) is 0.347. The molecular formula is C19H17ClN2O4S2. The first kappa shape index (κ1) is 19.2. The Labute approximate surface area is 171 Å². The van der Waals surface area contributed by atoms with Crippen molar-refractivity contribution in [2.75, 3.05) is 11.5 Å². The molecule has 146 valence electrons. The monoisotopic (exact) mass is 436 g/mol. The molecule has 1 aliphatic rings. The highest BCUT2D eigenvalue weighted by atomic mass is 35.5. The third kappa shape index (κ3) is 4.14. The van der Waals surface area contributed by atoms with Gasteiger partial charge in [-0.25, -0.2) is 8.42 Å². The molecule has 1 aliphatic heterocycles. The van der Waals surface area contributed by atoms with Crippen LogP contribution in [-0.4, -0.2) is 41.9 Å². The van der Waals surface area contributed by atoms with Gasteiger partial charge in [0, 0.05) is 27.6 Å². The Morgan fingerprint density at radius 2 is 2.07 bits per heavy atom. The number of sulfone groups is 1. The van der Waals surface area contributed by atoms with Crippen LogP contribution in [0.1, 0.15) is 21.8 Å². The Morgan fingerprint density at radius 1 is 1.29 bits per heavy atom. The molecule has 1 atom stereocenters. The highest BCUT2D eigenvalue weighted by Gasteiger charge is 2.36. The van der Waals surface area contributed by atoms with Crippen LogP contribution >= 0.6 is 22.9 Å². The van der Waals surface area contributed by atoms with Gasteiger partial charge in [-0.3, -0.25) is 4.79 Å². The number of benzene rings is 1. The molecule has 4 rings (SSSR count). The molecule has 9 heteroatoms. The number of halogens is 1. The average Bonchev–Trinajstić information content (AvgIpc) is 3.40. The lowest BCUT2D eigenvalue weighted by molar-refractivity contribution is 0.0672. The van der Waals surface area contributed by atoms with Crippen LogP contribution in [0.15, 0.2) is 52.4 Å². The molecule has 0 bridgehead atoms. The standard InChI is InChI=1S/C19H17ClN2O4S2/c20-14-5-3-13(4-6-14)18-10-17(21-26-18)19(23)22(11-16-2-1-8-27-16)15-7-9-28(24,25)12-15/h1-6,8,10,15H,7,9,11-12H2/t15-/m0/s1. The maximum atomic E-state index is 13.2. The number of amides is 1. The molecule has 1 aromatic carbocycles. The van der Waals surface area contributed by atoms with Crippen molar-refractivity contribution in [3.63, 3.8) is 0 Å². The van der Waals surface area contributed by atoms with E-state index < -0.39 is 9.84 Å². The zero-order valence-corrected chi connectivity index (χ0v) is 17.1. The van der Waals surface area contributed by atoms with Gasteiger partial charge in [-0.05, 0) is 42.1 Å². The molecule has 28 heavy (non-hydrogen) atoms. The summed E-state index contributed by atoms with van der Waals surface area (Å²) >= 11 is 7.43. The molecule has 0 N–H and O–H groups in total. The van der Waals surface area contributed by atoms with Crippen molar-refractivity contribution in [3.8, 4) is 11.3 Å². The van der Waals surface area contributed by atoms with Crippen molar-refractivity contribution in [2.45, 2.75) is 19.0 Å². The largest absolute Gasteiger partial charge is 0.355 e. The molecule has 1 fully saturated rings. The fourth-order valence-electron chi connectivity index (χ4n) is 3.23. The number of hydrogen-bond acceptors (Lipinski definition) is 6. The fraction of sp³-hybridized carbons (Fsp3) is 0.263. The van der Waals surface area contributed by atoms with Gasteiger partial charge < -0.3 is 9.42 Å². The van der Waals surface area contributed by atoms with Crippen LogP contribution in [0, 0.1) is 0 Å². The summed E-state index contributed by atoms with van der Waals surface area (Å²) in [6.07, 6.45) is 0.432. The van der Waals surface area contributed by atoms with E-state index in [4.69, 9.17) is 16.1 Å². The molecule has 1 amide bonds. The summed E-state index contributed by atoms with van der Waals surface area (Å²) < 4.78 is 29.2. The smallest absolute Gasteiger partial charge is 0.276 e. The van der Waals surface area contributed by atoms with Gasteiger partial charge in [-0.1, -0.05) is 22.8 Å². The van der Waals surface area contributed by atoms with E-state index in [0.29, 0.717) is 23.7 Å². The van der Waals surface area contributed by atoms with Crippen molar-refractivity contribution in [1.82, 2.24) is 10.1 Å². The molecule has 2 aromatic heterocycles. The molecule has 0 radical (unpaired) electrons. The third-order valence-corrected chi connectivity index (χ3v) is 7.54. The second kappa shape index (κ2) is 7.69. The first-order valence-corrected chi connectivity index (χ1v) is 11.8. The number of rotatable bonds is 5. The van der Waals surface area contributed by atoms with E-state index in [2.05, 4.69) is 5.16 Å². The SMILES string of the molecule is O=C(c1cc(-c2ccc(Cl)cc2)on1)N(Cc1cccs1)[C@H]1CCS(=O)(=O)C1. The van der Waals surface area contributed by atoms with Crippen molar-refractivity contribution < 1.29 is 17.7 Å². The van der Waals surface area contributed by atoms with Gasteiger partial charge in [0.05, 0.1) is 18.1 Å². The zero-order chi connectivity index (χ0) is 19.7. The van der Waals surface area contributed by atoms with E-state index in [9.17, 15) is 13.2 Å². The minimum atomic E-state index is -3.12. The minimum Gasteiger partial charge on any atom is -0.355 e. The molecule has 0 aliphatic carbocycles. The Morgan fingerprint density at radius 3 is 2.71 bits per heavy atom. The predicted molar refractivity (Wildman–Crippen MR) is 108 cm³/mol. The maximum Gasteiger partial charge on any atom is 0.276 e. The van der Waals surface area contributed by atoms with Crippen molar-refractivity contribution in [2.24, 2.45) is 0 Å². The topological polar surface area (TPSA) is 80.5 Å². The lowest BCUT2D eigenvalue weighted by atomic mass is 10.1. The highest BCUT2D eigenvalue weighted by Crippen LogP contribution is 2.26. The Kier molecular flexibility index (Phi) is 5.27. The van der Waals surface area contributed by atoms with E-state index in [0.717, 1.165) is 10.4 Å². The molecule has 3 heterocycles. The molecule has 3 aromatic rings. The molecule has 0 saturated carbocycles. The minimum absolute atomic E-state index is 0.0218. The first-order chi connectivity index (χ1) is 13.4. The van der Waals surface area contributed by atoms with Gasteiger partial charge in [0.25, 0.3) is 5.91 Å². The number of carbonyl (C=O) groups excluding carboxylic acids is 1. The molecule has 0 spiro atoms. The van der Waals surface area contributed by atoms with Crippen LogP contribution in [0.4, 0.5) is 0 Å². The Hall–Kier alpha value is -2.16. The van der Waals surface area contributed by atoms with Crippen LogP contribution in [0.25, 0.3) is 11.3 Å². The number of nitrogens with zero attached hydrogens (tertiary/aromatic N) is 2. The third-order valence-electron chi connectivity index (χ3n) is 4.67. The summed E-state index contributed by atoms with van der Waals surface area (Å²) in [5, 5.41) is 6.46. The molecular weight excluding hydrogens is 420 g/mol. The Bertz CT molecular complexity index is 1080. The summed E-state index contributed by atoms with van der Waals surface area (Å²) in [6, 6.07) is 12.1. The van der Waals surface area contributed by atoms with Gasteiger partial charge in [0.1, 0.15) is 0 Å². The van der Waals surface area contributed by atoms with Crippen molar-refractivity contribution in [1.29, 1.82) is 0 Å². The van der Waals surface area contributed by atoms with Crippen LogP contribution in [0.5, 0.6) is 0 Å². The van der Waals surface area contributed by atoms with Crippen LogP contribution in [-0.2, 0) is 16.4 Å². The molecule has 6 nitrogen and oxygen atoms in total. The van der Waals surface area contributed by atoms with Gasteiger partial charge in [-0.2, -0.15) is 0 Å². The van der Waals surface area contributed by atoms with Crippen LogP contribution in [0.3, 0.4) is 0 Å². The molecule has 1 saturated heterocycles. The molecule has 0 unspecified atom stereocenters. The van der Waals surface area contributed by atoms with E-state index in [1.54, 1.807) is 35.2 Å². The van der Waals surface area contributed by atoms with Crippen LogP contribution < -0.4 is 0 Å². The summed E-state index contributed by atoms with van der Waals surface area (Å²) in [4.78, 5) is 15.7. The van der Waals surface area contributed by atoms with E-state index in [-0.39, 0.29) is 29.1 Å². The second-order valence-corrected chi connectivity index (χ2v) is 10.3.